The van der Waals surface area contributed by atoms with Gasteiger partial charge in [0.25, 0.3) is 12.0 Å². The number of fused-ring (bicyclic) bond motifs is 2. The second-order valence-corrected chi connectivity index (χ2v) is 6.83. The molecule has 7 nitrogen and oxygen atoms in total. The lowest BCUT2D eigenvalue weighted by atomic mass is 10.2. The quantitative estimate of drug-likeness (QED) is 0.695. The number of aromatic nitrogens is 5. The predicted molar refractivity (Wildman–Crippen MR) is 86.9 cm³/mol. The van der Waals surface area contributed by atoms with Crippen molar-refractivity contribution in [1.29, 1.82) is 0 Å². The Morgan fingerprint density at radius 2 is 1.93 bits per heavy atom. The molecule has 1 saturated heterocycles. The number of benzene rings is 1. The van der Waals surface area contributed by atoms with Crippen molar-refractivity contribution in [2.24, 2.45) is 11.8 Å². The molecule has 0 radical (unpaired) electrons. The zero-order chi connectivity index (χ0) is 18.7. The van der Waals surface area contributed by atoms with E-state index in [0.717, 1.165) is 4.68 Å². The van der Waals surface area contributed by atoms with E-state index in [1.54, 1.807) is 6.07 Å². The SMILES string of the molecule is O=c1c2nn(Cc3ccccc3F)c(C(F)F)c2nnn1[C@@H]1[C@@H]2COC[C@@H]21. The van der Waals surface area contributed by atoms with Gasteiger partial charge in [-0.05, 0) is 6.07 Å². The summed E-state index contributed by atoms with van der Waals surface area (Å²) in [4.78, 5) is 12.8. The second kappa shape index (κ2) is 5.88. The molecular weight excluding hydrogens is 363 g/mol. The number of halogens is 3. The van der Waals surface area contributed by atoms with E-state index < -0.39 is 23.5 Å². The standard InChI is InChI=1S/C17H14F3N5O2/c18-11-4-2-1-3-8(11)5-24-15(16(19)20)12-13(22-24)17(26)25(23-21-12)14-9-6-27-7-10(9)14/h1-4,9-10,14,16H,5-7H2/t9-,10+,14-. The van der Waals surface area contributed by atoms with E-state index in [4.69, 9.17) is 4.74 Å². The highest BCUT2D eigenvalue weighted by Gasteiger charge is 2.56. The molecule has 10 heteroatoms. The molecule has 0 N–H and O–H groups in total. The van der Waals surface area contributed by atoms with Crippen LogP contribution in [0.25, 0.3) is 11.0 Å². The molecule has 0 amide bonds. The molecule has 1 aromatic carbocycles. The average molecular weight is 377 g/mol. The molecule has 27 heavy (non-hydrogen) atoms. The van der Waals surface area contributed by atoms with Crippen LogP contribution in [0, 0.1) is 17.7 Å². The molecule has 3 heterocycles. The molecule has 2 aromatic heterocycles. The maximum atomic E-state index is 13.9. The number of hydrogen-bond donors (Lipinski definition) is 0. The third-order valence-electron chi connectivity index (χ3n) is 5.29. The lowest BCUT2D eigenvalue weighted by molar-refractivity contribution is 0.141. The first-order valence-electron chi connectivity index (χ1n) is 8.51. The van der Waals surface area contributed by atoms with Crippen LogP contribution in [0.5, 0.6) is 0 Å². The van der Waals surface area contributed by atoms with Crippen LogP contribution in [0.3, 0.4) is 0 Å². The summed E-state index contributed by atoms with van der Waals surface area (Å²) in [6.45, 7) is 0.863. The fourth-order valence-electron chi connectivity index (χ4n) is 3.84. The maximum absolute atomic E-state index is 13.9. The lowest BCUT2D eigenvalue weighted by Crippen LogP contribution is -2.26. The summed E-state index contributed by atoms with van der Waals surface area (Å²) in [5.41, 5.74) is -1.33. The molecular formula is C17H14F3N5O2. The normalized spacial score (nSPS) is 23.9. The Bertz CT molecular complexity index is 1090. The Balaban J connectivity index is 1.61. The maximum Gasteiger partial charge on any atom is 0.298 e. The van der Waals surface area contributed by atoms with Crippen molar-refractivity contribution < 1.29 is 17.9 Å². The Kier molecular flexibility index (Phi) is 3.58. The molecule has 0 bridgehead atoms. The van der Waals surface area contributed by atoms with Gasteiger partial charge in [0.05, 0.1) is 25.8 Å². The molecule has 140 valence electrons. The Morgan fingerprint density at radius 1 is 1.19 bits per heavy atom. The molecule has 0 spiro atoms. The van der Waals surface area contributed by atoms with Crippen LogP contribution in [-0.4, -0.2) is 38.0 Å². The molecule has 3 atom stereocenters. The topological polar surface area (TPSA) is 74.8 Å². The minimum Gasteiger partial charge on any atom is -0.381 e. The number of nitrogens with zero attached hydrogens (tertiary/aromatic N) is 5. The third-order valence-corrected chi connectivity index (χ3v) is 5.29. The van der Waals surface area contributed by atoms with Crippen molar-refractivity contribution in [1.82, 2.24) is 24.8 Å². The number of hydrogen-bond acceptors (Lipinski definition) is 5. The zero-order valence-corrected chi connectivity index (χ0v) is 13.9. The Labute approximate surface area is 150 Å². The highest BCUT2D eigenvalue weighted by atomic mass is 19.3. The van der Waals surface area contributed by atoms with Gasteiger partial charge in [-0.25, -0.2) is 17.9 Å². The van der Waals surface area contributed by atoms with Gasteiger partial charge < -0.3 is 4.74 Å². The van der Waals surface area contributed by atoms with E-state index in [1.807, 2.05) is 0 Å². The van der Waals surface area contributed by atoms with E-state index in [2.05, 4.69) is 15.4 Å². The Hall–Kier alpha value is -2.75. The first-order valence-corrected chi connectivity index (χ1v) is 8.51. The molecule has 2 fully saturated rings. The van der Waals surface area contributed by atoms with Crippen LogP contribution in [0.2, 0.25) is 0 Å². The summed E-state index contributed by atoms with van der Waals surface area (Å²) in [5.74, 6) is -0.138. The number of rotatable bonds is 4. The van der Waals surface area contributed by atoms with Gasteiger partial charge in [0.15, 0.2) is 5.52 Å². The minimum atomic E-state index is -2.93. The van der Waals surface area contributed by atoms with Crippen molar-refractivity contribution >= 4 is 11.0 Å². The van der Waals surface area contributed by atoms with E-state index >= 15 is 0 Å². The summed E-state index contributed by atoms with van der Waals surface area (Å²) >= 11 is 0. The number of alkyl halides is 2. The minimum absolute atomic E-state index is 0.130. The van der Waals surface area contributed by atoms with Crippen molar-refractivity contribution in [2.75, 3.05) is 13.2 Å². The van der Waals surface area contributed by atoms with Crippen molar-refractivity contribution in [3.63, 3.8) is 0 Å². The van der Waals surface area contributed by atoms with Crippen molar-refractivity contribution in [3.05, 3.63) is 51.7 Å². The van der Waals surface area contributed by atoms with Gasteiger partial charge in [-0.15, -0.1) is 5.10 Å². The summed E-state index contributed by atoms with van der Waals surface area (Å²) < 4.78 is 48.6. The van der Waals surface area contributed by atoms with Gasteiger partial charge in [-0.1, -0.05) is 23.4 Å². The smallest absolute Gasteiger partial charge is 0.298 e. The highest BCUT2D eigenvalue weighted by Crippen LogP contribution is 2.53. The molecule has 2 aliphatic rings. The van der Waals surface area contributed by atoms with Gasteiger partial charge in [-0.2, -0.15) is 5.10 Å². The summed E-state index contributed by atoms with van der Waals surface area (Å²) in [5, 5.41) is 11.8. The van der Waals surface area contributed by atoms with Crippen LogP contribution in [0.1, 0.15) is 23.7 Å². The molecule has 1 aliphatic heterocycles. The van der Waals surface area contributed by atoms with Crippen LogP contribution in [-0.2, 0) is 11.3 Å². The van der Waals surface area contributed by atoms with E-state index in [-0.39, 0.29) is 41.0 Å². The van der Waals surface area contributed by atoms with E-state index in [0.29, 0.717) is 13.2 Å². The second-order valence-electron chi connectivity index (χ2n) is 6.83. The fourth-order valence-corrected chi connectivity index (χ4v) is 3.84. The van der Waals surface area contributed by atoms with Gasteiger partial charge in [0.1, 0.15) is 17.0 Å². The molecule has 5 rings (SSSR count). The third kappa shape index (κ3) is 2.47. The summed E-state index contributed by atoms with van der Waals surface area (Å²) in [6, 6.07) is 5.69. The predicted octanol–water partition coefficient (Wildman–Crippen LogP) is 1.93. The van der Waals surface area contributed by atoms with Crippen LogP contribution >= 0.6 is 0 Å². The van der Waals surface area contributed by atoms with E-state index in [9.17, 15) is 18.0 Å². The first-order chi connectivity index (χ1) is 13.1. The molecule has 3 aromatic rings. The van der Waals surface area contributed by atoms with Crippen LogP contribution < -0.4 is 5.56 Å². The highest BCUT2D eigenvalue weighted by molar-refractivity contribution is 5.75. The Morgan fingerprint density at radius 3 is 2.63 bits per heavy atom. The van der Waals surface area contributed by atoms with Gasteiger partial charge in [0.2, 0.25) is 0 Å². The summed E-state index contributed by atoms with van der Waals surface area (Å²) in [6.07, 6.45) is -2.93. The van der Waals surface area contributed by atoms with Gasteiger partial charge in [-0.3, -0.25) is 9.48 Å². The van der Waals surface area contributed by atoms with Crippen molar-refractivity contribution in [2.45, 2.75) is 19.0 Å². The molecule has 1 aliphatic carbocycles. The first kappa shape index (κ1) is 16.4. The molecule has 1 saturated carbocycles. The average Bonchev–Trinajstić information content (AvgIpc) is 2.98. The van der Waals surface area contributed by atoms with E-state index in [1.165, 1.54) is 22.9 Å². The fraction of sp³-hybridized carbons (Fsp3) is 0.412. The van der Waals surface area contributed by atoms with Gasteiger partial charge >= 0.3 is 0 Å². The van der Waals surface area contributed by atoms with Crippen LogP contribution in [0.4, 0.5) is 13.2 Å². The number of ether oxygens (including phenoxy) is 1. The van der Waals surface area contributed by atoms with Gasteiger partial charge in [0, 0.05) is 17.4 Å². The zero-order valence-electron chi connectivity index (χ0n) is 13.9. The largest absolute Gasteiger partial charge is 0.381 e. The lowest BCUT2D eigenvalue weighted by Gasteiger charge is -2.07. The monoisotopic (exact) mass is 377 g/mol. The van der Waals surface area contributed by atoms with Crippen LogP contribution in [0.15, 0.2) is 29.1 Å². The molecule has 0 unspecified atom stereocenters. The van der Waals surface area contributed by atoms with Crippen molar-refractivity contribution in [3.8, 4) is 0 Å². The summed E-state index contributed by atoms with van der Waals surface area (Å²) in [7, 11) is 0.